The fourth-order valence-corrected chi connectivity index (χ4v) is 4.21. The Morgan fingerprint density at radius 2 is 1.95 bits per heavy atom. The van der Waals surface area contributed by atoms with Crippen LogP contribution in [0.3, 0.4) is 0 Å². The summed E-state index contributed by atoms with van der Waals surface area (Å²) in [5.74, 6) is 0.00799. The molecule has 3 amide bonds. The highest BCUT2D eigenvalue weighted by Gasteiger charge is 2.31. The molecule has 0 saturated heterocycles. The molecule has 3 rings (SSSR count). The smallest absolute Gasteiger partial charge is 0.320 e. The number of benzene rings is 1. The first kappa shape index (κ1) is 27.9. The van der Waals surface area contributed by atoms with Gasteiger partial charge in [-0.1, -0.05) is 56.9 Å². The number of aromatic nitrogens is 2. The summed E-state index contributed by atoms with van der Waals surface area (Å²) in [4.78, 5) is 25.6. The molecule has 9 heteroatoms. The molecule has 4 N–H and O–H groups in total. The Kier molecular flexibility index (Phi) is 9.07. The molecule has 1 aromatic heterocycles. The van der Waals surface area contributed by atoms with Crippen molar-refractivity contribution >= 4 is 17.8 Å². The average Bonchev–Trinajstić information content (AvgIpc) is 3.19. The number of rotatable bonds is 6. The quantitative estimate of drug-likeness (QED) is 0.473. The van der Waals surface area contributed by atoms with Crippen LogP contribution in [0.15, 0.2) is 66.3 Å². The lowest BCUT2D eigenvalue weighted by molar-refractivity contribution is 0.0927. The number of carbonyl (C=O) groups excluding carboxylic acids is 2. The van der Waals surface area contributed by atoms with Crippen LogP contribution in [0, 0.1) is 12.3 Å². The van der Waals surface area contributed by atoms with E-state index < -0.39 is 18.2 Å². The number of aliphatic hydroxyl groups excluding tert-OH is 1. The van der Waals surface area contributed by atoms with Gasteiger partial charge in [0.15, 0.2) is 5.69 Å². The van der Waals surface area contributed by atoms with E-state index in [1.54, 1.807) is 14.0 Å². The average molecular weight is 508 g/mol. The standard InChI is InChI=1S/C28H37N5O4/c1-18-12-13-20(17-37-6)14-15-22(23(34)16-28(18,3)4)30-27(36)31-25-19(2)24(26(35)29-5)32-33(25)21-10-8-7-9-11-21/h7-14,22-23,34H,1,15-17H2,2-6H3,(H,29,35)(H2,30,31,36)/b13-12-,20-14+/t22-,23-/m1/s1. The Balaban J connectivity index is 1.90. The molecule has 9 nitrogen and oxygen atoms in total. The van der Waals surface area contributed by atoms with E-state index in [0.717, 1.165) is 11.1 Å². The predicted molar refractivity (Wildman–Crippen MR) is 145 cm³/mol. The molecule has 198 valence electrons. The molecule has 0 spiro atoms. The molecule has 37 heavy (non-hydrogen) atoms. The van der Waals surface area contributed by atoms with Crippen LogP contribution in [-0.4, -0.2) is 59.7 Å². The van der Waals surface area contributed by atoms with E-state index in [9.17, 15) is 14.7 Å². The minimum absolute atomic E-state index is 0.208. The Morgan fingerprint density at radius 3 is 2.59 bits per heavy atom. The predicted octanol–water partition coefficient (Wildman–Crippen LogP) is 3.90. The van der Waals surface area contributed by atoms with Gasteiger partial charge in [0.1, 0.15) is 5.82 Å². The van der Waals surface area contributed by atoms with Crippen molar-refractivity contribution in [3.8, 4) is 5.69 Å². The number of ether oxygens (including phenoxy) is 1. The maximum atomic E-state index is 13.2. The number of anilines is 1. The van der Waals surface area contributed by atoms with Crippen molar-refractivity contribution in [2.75, 3.05) is 26.1 Å². The third kappa shape index (κ3) is 6.75. The topological polar surface area (TPSA) is 118 Å². The van der Waals surface area contributed by atoms with Crippen LogP contribution in [0.1, 0.15) is 42.7 Å². The van der Waals surface area contributed by atoms with Gasteiger partial charge in [-0.25, -0.2) is 9.48 Å². The molecule has 0 aliphatic heterocycles. The first-order valence-corrected chi connectivity index (χ1v) is 12.3. The van der Waals surface area contributed by atoms with Crippen LogP contribution in [-0.2, 0) is 4.74 Å². The lowest BCUT2D eigenvalue weighted by Gasteiger charge is -2.33. The second-order valence-electron chi connectivity index (χ2n) is 9.82. The number of allylic oxidation sites excluding steroid dienone is 2. The Morgan fingerprint density at radius 1 is 1.24 bits per heavy atom. The molecule has 1 aliphatic carbocycles. The largest absolute Gasteiger partial charge is 0.391 e. The van der Waals surface area contributed by atoms with Crippen molar-refractivity contribution < 1.29 is 19.4 Å². The summed E-state index contributed by atoms with van der Waals surface area (Å²) in [6, 6.07) is 8.14. The zero-order chi connectivity index (χ0) is 27.2. The van der Waals surface area contributed by atoms with E-state index in [4.69, 9.17) is 4.74 Å². The minimum Gasteiger partial charge on any atom is -0.391 e. The highest BCUT2D eigenvalue weighted by atomic mass is 16.5. The van der Waals surface area contributed by atoms with Crippen LogP contribution >= 0.6 is 0 Å². The van der Waals surface area contributed by atoms with Crippen molar-refractivity contribution in [2.45, 2.75) is 45.8 Å². The third-order valence-electron chi connectivity index (χ3n) is 6.61. The van der Waals surface area contributed by atoms with Crippen LogP contribution in [0.4, 0.5) is 10.6 Å². The fourth-order valence-electron chi connectivity index (χ4n) is 4.21. The number of methoxy groups -OCH3 is 1. The molecule has 0 fully saturated rings. The number of nitrogens with one attached hydrogen (secondary N) is 3. The van der Waals surface area contributed by atoms with Gasteiger partial charge in [-0.3, -0.25) is 10.1 Å². The Labute approximate surface area is 218 Å². The summed E-state index contributed by atoms with van der Waals surface area (Å²) in [5.41, 5.74) is 2.84. The van der Waals surface area contributed by atoms with Gasteiger partial charge in [0, 0.05) is 19.7 Å². The van der Waals surface area contributed by atoms with Gasteiger partial charge in [-0.2, -0.15) is 5.10 Å². The minimum atomic E-state index is -0.828. The summed E-state index contributed by atoms with van der Waals surface area (Å²) in [6.07, 6.45) is 5.85. The summed E-state index contributed by atoms with van der Waals surface area (Å²) in [5, 5.41) is 23.9. The Hall–Kier alpha value is -3.69. The third-order valence-corrected chi connectivity index (χ3v) is 6.61. The number of hydrogen-bond acceptors (Lipinski definition) is 5. The normalized spacial score (nSPS) is 21.9. The molecule has 0 unspecified atom stereocenters. The van der Waals surface area contributed by atoms with Gasteiger partial charge >= 0.3 is 6.03 Å². The molecule has 2 atom stereocenters. The van der Waals surface area contributed by atoms with Crippen LogP contribution in [0.2, 0.25) is 0 Å². The molecule has 1 aliphatic rings. The van der Waals surface area contributed by atoms with Gasteiger partial charge in [0.25, 0.3) is 5.91 Å². The lowest BCUT2D eigenvalue weighted by atomic mass is 9.77. The fraction of sp³-hybridized carbons (Fsp3) is 0.393. The molecular formula is C28H37N5O4. The van der Waals surface area contributed by atoms with Gasteiger partial charge in [-0.15, -0.1) is 0 Å². The monoisotopic (exact) mass is 507 g/mol. The van der Waals surface area contributed by atoms with Crippen LogP contribution in [0.25, 0.3) is 5.69 Å². The number of para-hydroxylation sites is 1. The van der Waals surface area contributed by atoms with Crippen molar-refractivity contribution in [2.24, 2.45) is 5.41 Å². The van der Waals surface area contributed by atoms with Crippen LogP contribution in [0.5, 0.6) is 0 Å². The van der Waals surface area contributed by atoms with E-state index in [1.807, 2.05) is 62.4 Å². The van der Waals surface area contributed by atoms with Gasteiger partial charge in [-0.05, 0) is 48.5 Å². The molecule has 0 bridgehead atoms. The summed E-state index contributed by atoms with van der Waals surface area (Å²) in [6.45, 7) is 10.3. The number of aliphatic hydroxyl groups is 1. The summed E-state index contributed by atoms with van der Waals surface area (Å²) in [7, 11) is 3.15. The highest BCUT2D eigenvalue weighted by molar-refractivity contribution is 5.97. The van der Waals surface area contributed by atoms with E-state index in [1.165, 1.54) is 11.7 Å². The van der Waals surface area contributed by atoms with E-state index >= 15 is 0 Å². The number of amides is 3. The Bertz CT molecular complexity index is 1200. The van der Waals surface area contributed by atoms with E-state index in [0.29, 0.717) is 36.5 Å². The zero-order valence-electron chi connectivity index (χ0n) is 22.2. The first-order valence-electron chi connectivity index (χ1n) is 12.3. The second-order valence-corrected chi connectivity index (χ2v) is 9.82. The molecule has 0 saturated carbocycles. The highest BCUT2D eigenvalue weighted by Crippen LogP contribution is 2.33. The van der Waals surface area contributed by atoms with Crippen molar-refractivity contribution in [1.82, 2.24) is 20.4 Å². The maximum absolute atomic E-state index is 13.2. The van der Waals surface area contributed by atoms with Gasteiger partial charge < -0.3 is 20.5 Å². The van der Waals surface area contributed by atoms with Crippen molar-refractivity contribution in [3.63, 3.8) is 0 Å². The first-order chi connectivity index (χ1) is 17.6. The summed E-state index contributed by atoms with van der Waals surface area (Å²) < 4.78 is 6.83. The molecule has 2 aromatic rings. The van der Waals surface area contributed by atoms with Crippen molar-refractivity contribution in [1.29, 1.82) is 0 Å². The van der Waals surface area contributed by atoms with Crippen molar-refractivity contribution in [3.05, 3.63) is 77.5 Å². The van der Waals surface area contributed by atoms with Crippen LogP contribution < -0.4 is 16.0 Å². The second kappa shape index (κ2) is 12.0. The van der Waals surface area contributed by atoms with E-state index in [2.05, 4.69) is 27.6 Å². The zero-order valence-corrected chi connectivity index (χ0v) is 22.2. The maximum Gasteiger partial charge on any atom is 0.320 e. The molecule has 1 heterocycles. The lowest BCUT2D eigenvalue weighted by Crippen LogP contribution is -2.46. The SMILES string of the molecule is C=C1/C=C\C(COC)=C/C[C@@H](NC(=O)Nc2c(C)c(C(=O)NC)nn2-c2ccccc2)[C@H](O)CC1(C)C. The number of urea groups is 1. The van der Waals surface area contributed by atoms with E-state index in [-0.39, 0.29) is 17.0 Å². The number of carbonyl (C=O) groups is 2. The molecular weight excluding hydrogens is 470 g/mol. The molecule has 1 aromatic carbocycles. The van der Waals surface area contributed by atoms with Gasteiger partial charge in [0.05, 0.1) is 24.4 Å². The number of nitrogens with zero attached hydrogens (tertiary/aromatic N) is 2. The summed E-state index contributed by atoms with van der Waals surface area (Å²) >= 11 is 0. The van der Waals surface area contributed by atoms with Gasteiger partial charge in [0.2, 0.25) is 0 Å². The molecule has 0 radical (unpaired) electrons. The number of hydrogen-bond donors (Lipinski definition) is 4.